The molecule has 0 saturated carbocycles. The summed E-state index contributed by atoms with van der Waals surface area (Å²) in [5, 5.41) is 2.59. The number of ether oxygens (including phenoxy) is 1. The average Bonchev–Trinajstić information content (AvgIpc) is 2.25. The van der Waals surface area contributed by atoms with Crippen molar-refractivity contribution in [1.29, 1.82) is 0 Å². The topological polar surface area (TPSA) is 90.1 Å². The van der Waals surface area contributed by atoms with Crippen molar-refractivity contribution in [2.24, 2.45) is 5.73 Å². The molecule has 6 heteroatoms. The lowest BCUT2D eigenvalue weighted by molar-refractivity contribution is 0.0524. The van der Waals surface area contributed by atoms with Gasteiger partial charge in [0.2, 0.25) is 0 Å². The van der Waals surface area contributed by atoms with Crippen LogP contribution in [0.2, 0.25) is 0 Å². The van der Waals surface area contributed by atoms with Crippen LogP contribution in [0.5, 0.6) is 0 Å². The molecule has 0 aromatic carbocycles. The van der Waals surface area contributed by atoms with E-state index in [9.17, 15) is 4.79 Å². The van der Waals surface area contributed by atoms with E-state index >= 15 is 0 Å². The van der Waals surface area contributed by atoms with Gasteiger partial charge in [-0.2, -0.15) is 0 Å². The first-order valence-electron chi connectivity index (χ1n) is 5.37. The molecule has 94 valence electrons. The lowest BCUT2D eigenvalue weighted by atomic mass is 10.2. The second-order valence-corrected chi connectivity index (χ2v) is 4.62. The number of aromatic nitrogens is 2. The van der Waals surface area contributed by atoms with Crippen molar-refractivity contribution >= 4 is 6.09 Å². The first kappa shape index (κ1) is 13.4. The van der Waals surface area contributed by atoms with Crippen LogP contribution in [0.4, 0.5) is 4.79 Å². The number of carbonyl (C=O) groups excluding carboxylic acids is 1. The highest BCUT2D eigenvalue weighted by Gasteiger charge is 2.17. The number of nitrogens with zero attached hydrogens (tertiary/aromatic N) is 2. The van der Waals surface area contributed by atoms with Crippen molar-refractivity contribution in [3.8, 4) is 0 Å². The van der Waals surface area contributed by atoms with Crippen molar-refractivity contribution in [1.82, 2.24) is 15.3 Å². The third-order valence-corrected chi connectivity index (χ3v) is 1.85. The number of hydrogen-bond donors (Lipinski definition) is 2. The smallest absolute Gasteiger partial charge is 0.407 e. The van der Waals surface area contributed by atoms with E-state index in [-0.39, 0.29) is 12.6 Å². The molecular weight excluding hydrogens is 220 g/mol. The van der Waals surface area contributed by atoms with Crippen LogP contribution >= 0.6 is 0 Å². The first-order chi connectivity index (χ1) is 7.88. The molecule has 0 fully saturated rings. The van der Waals surface area contributed by atoms with Gasteiger partial charge in [0.1, 0.15) is 11.9 Å². The Bertz CT molecular complexity index is 361. The highest BCUT2D eigenvalue weighted by atomic mass is 16.6. The maximum atomic E-state index is 11.4. The van der Waals surface area contributed by atoms with Gasteiger partial charge in [-0.25, -0.2) is 14.8 Å². The van der Waals surface area contributed by atoms with Gasteiger partial charge in [0, 0.05) is 12.7 Å². The van der Waals surface area contributed by atoms with Gasteiger partial charge in [0.05, 0.1) is 11.7 Å². The number of amides is 1. The zero-order valence-electron chi connectivity index (χ0n) is 10.3. The summed E-state index contributed by atoms with van der Waals surface area (Å²) in [5.41, 5.74) is 6.01. The van der Waals surface area contributed by atoms with E-state index in [1.165, 1.54) is 6.33 Å². The van der Waals surface area contributed by atoms with E-state index in [1.54, 1.807) is 33.0 Å². The molecule has 0 saturated heterocycles. The van der Waals surface area contributed by atoms with Crippen LogP contribution < -0.4 is 11.1 Å². The number of nitrogens with two attached hydrogens (primary N) is 1. The molecule has 0 aliphatic rings. The monoisotopic (exact) mass is 238 g/mol. The van der Waals surface area contributed by atoms with Crippen molar-refractivity contribution in [2.45, 2.75) is 32.4 Å². The van der Waals surface area contributed by atoms with E-state index in [2.05, 4.69) is 15.3 Å². The number of carbonyl (C=O) groups is 1. The predicted molar refractivity (Wildman–Crippen MR) is 63.2 cm³/mol. The maximum absolute atomic E-state index is 11.4. The van der Waals surface area contributed by atoms with Crippen molar-refractivity contribution in [3.05, 3.63) is 24.3 Å². The zero-order valence-corrected chi connectivity index (χ0v) is 10.3. The minimum atomic E-state index is -0.511. The lowest BCUT2D eigenvalue weighted by Gasteiger charge is -2.20. The van der Waals surface area contributed by atoms with Crippen molar-refractivity contribution < 1.29 is 9.53 Å². The minimum absolute atomic E-state index is 0.270. The van der Waals surface area contributed by atoms with Gasteiger partial charge < -0.3 is 15.8 Å². The summed E-state index contributed by atoms with van der Waals surface area (Å²) >= 11 is 0. The SMILES string of the molecule is CC(C)(C)OC(=O)NCC(N)c1ccncn1. The third-order valence-electron chi connectivity index (χ3n) is 1.85. The summed E-state index contributed by atoms with van der Waals surface area (Å²) in [6.07, 6.45) is 2.54. The Balaban J connectivity index is 2.39. The fraction of sp³-hybridized carbons (Fsp3) is 0.545. The molecule has 1 aromatic heterocycles. The van der Waals surface area contributed by atoms with E-state index in [0.717, 1.165) is 0 Å². The van der Waals surface area contributed by atoms with E-state index in [1.807, 2.05) is 0 Å². The summed E-state index contributed by atoms with van der Waals surface area (Å²) in [7, 11) is 0. The fourth-order valence-corrected chi connectivity index (χ4v) is 1.13. The molecule has 0 radical (unpaired) electrons. The van der Waals surface area contributed by atoms with Gasteiger partial charge in [-0.15, -0.1) is 0 Å². The van der Waals surface area contributed by atoms with Crippen LogP contribution in [-0.2, 0) is 4.74 Å². The Kier molecular flexibility index (Phi) is 4.39. The Morgan fingerprint density at radius 2 is 2.29 bits per heavy atom. The van der Waals surface area contributed by atoms with Gasteiger partial charge in [-0.05, 0) is 26.8 Å². The molecule has 17 heavy (non-hydrogen) atoms. The maximum Gasteiger partial charge on any atom is 0.407 e. The Labute approximate surface area is 101 Å². The third kappa shape index (κ3) is 5.26. The standard InChI is InChI=1S/C11H18N4O2/c1-11(2,3)17-10(16)14-6-8(12)9-4-5-13-7-15-9/h4-5,7-8H,6,12H2,1-3H3,(H,14,16). The summed E-state index contributed by atoms with van der Waals surface area (Å²) < 4.78 is 5.09. The van der Waals surface area contributed by atoms with Gasteiger partial charge >= 0.3 is 6.09 Å². The normalized spacial score (nSPS) is 12.9. The molecule has 0 aliphatic heterocycles. The van der Waals surface area contributed by atoms with E-state index in [4.69, 9.17) is 10.5 Å². The largest absolute Gasteiger partial charge is 0.444 e. The van der Waals surface area contributed by atoms with Crippen LogP contribution in [0.1, 0.15) is 32.5 Å². The highest BCUT2D eigenvalue weighted by molar-refractivity contribution is 5.67. The van der Waals surface area contributed by atoms with Gasteiger partial charge in [0.15, 0.2) is 0 Å². The van der Waals surface area contributed by atoms with Gasteiger partial charge in [-0.1, -0.05) is 0 Å². The molecular formula is C11H18N4O2. The van der Waals surface area contributed by atoms with Crippen molar-refractivity contribution in [2.75, 3.05) is 6.54 Å². The van der Waals surface area contributed by atoms with Crippen LogP contribution in [0.3, 0.4) is 0 Å². The molecule has 0 bridgehead atoms. The van der Waals surface area contributed by atoms with Crippen LogP contribution in [0, 0.1) is 0 Å². The van der Waals surface area contributed by atoms with Crippen molar-refractivity contribution in [3.63, 3.8) is 0 Å². The predicted octanol–water partition coefficient (Wildman–Crippen LogP) is 1.00. The number of hydrogen-bond acceptors (Lipinski definition) is 5. The highest BCUT2D eigenvalue weighted by Crippen LogP contribution is 2.07. The molecule has 1 amide bonds. The summed E-state index contributed by atoms with van der Waals surface area (Å²) in [5.74, 6) is 0. The number of nitrogens with one attached hydrogen (secondary N) is 1. The Morgan fingerprint density at radius 1 is 1.59 bits per heavy atom. The van der Waals surface area contributed by atoms with Gasteiger partial charge in [-0.3, -0.25) is 0 Å². The summed E-state index contributed by atoms with van der Waals surface area (Å²) in [4.78, 5) is 19.2. The van der Waals surface area contributed by atoms with Crippen LogP contribution in [-0.4, -0.2) is 28.2 Å². The summed E-state index contributed by atoms with van der Waals surface area (Å²) in [6, 6.07) is 1.34. The molecule has 1 rings (SSSR count). The van der Waals surface area contributed by atoms with Gasteiger partial charge in [0.25, 0.3) is 0 Å². The van der Waals surface area contributed by atoms with E-state index in [0.29, 0.717) is 5.69 Å². The second kappa shape index (κ2) is 5.58. The Hall–Kier alpha value is -1.69. The number of rotatable bonds is 3. The fourth-order valence-electron chi connectivity index (χ4n) is 1.13. The number of alkyl carbamates (subject to hydrolysis) is 1. The zero-order chi connectivity index (χ0) is 12.9. The molecule has 0 aliphatic carbocycles. The average molecular weight is 238 g/mol. The molecule has 1 unspecified atom stereocenters. The second-order valence-electron chi connectivity index (χ2n) is 4.62. The molecule has 1 aromatic rings. The van der Waals surface area contributed by atoms with Crippen LogP contribution in [0.15, 0.2) is 18.6 Å². The quantitative estimate of drug-likeness (QED) is 0.819. The minimum Gasteiger partial charge on any atom is -0.444 e. The lowest BCUT2D eigenvalue weighted by Crippen LogP contribution is -2.36. The molecule has 6 nitrogen and oxygen atoms in total. The molecule has 3 N–H and O–H groups in total. The molecule has 0 spiro atoms. The van der Waals surface area contributed by atoms with Crippen LogP contribution in [0.25, 0.3) is 0 Å². The first-order valence-corrected chi connectivity index (χ1v) is 5.37. The summed E-state index contributed by atoms with van der Waals surface area (Å²) in [6.45, 7) is 5.68. The molecule has 1 heterocycles. The Morgan fingerprint density at radius 3 is 2.82 bits per heavy atom. The van der Waals surface area contributed by atoms with E-state index < -0.39 is 11.7 Å². The molecule has 1 atom stereocenters.